The Morgan fingerprint density at radius 1 is 0.588 bits per heavy atom. The number of aliphatic carboxylic acids is 1. The SMILES string of the molecule is C.CCCc1cc(C(F)(F)F)cc(CCC)c1/C=C/C(=O)N[C@H](C)c1cc(F)c(C)c(F)c1.CCCc1cc(C)cc(CCC)c1/C=C/C(=O)O.CCCc1cc(C)cc(CCC)c1/C=C/C(=O)OC.Cc1ccc(I)cc1.[Li+].[OH-]. The average Bonchev–Trinajstić information content (AvgIpc) is 3.36. The van der Waals surface area contributed by atoms with Gasteiger partial charge in [0.25, 0.3) is 0 Å². The molecule has 0 radical (unpaired) electrons. The molecule has 0 spiro atoms. The summed E-state index contributed by atoms with van der Waals surface area (Å²) in [6.45, 7) is 21.6. The third-order valence-electron chi connectivity index (χ3n) is 12.3. The molecule has 3 N–H and O–H groups in total. The molecule has 14 heteroatoms. The quantitative estimate of drug-likeness (QED) is 0.0263. The van der Waals surface area contributed by atoms with E-state index < -0.39 is 41.3 Å². The minimum Gasteiger partial charge on any atom is -0.870 e. The van der Waals surface area contributed by atoms with Crippen molar-refractivity contribution in [3.05, 3.63) is 190 Å². The fraction of sp³-hybridized carbons (Fsp3) is 0.409. The summed E-state index contributed by atoms with van der Waals surface area (Å²) in [4.78, 5) is 34.4. The molecule has 434 valence electrons. The second-order valence-corrected chi connectivity index (χ2v) is 20.4. The number of rotatable bonds is 20. The molecule has 5 aromatic rings. The zero-order valence-electron chi connectivity index (χ0n) is 48.8. The van der Waals surface area contributed by atoms with Gasteiger partial charge < -0.3 is 20.6 Å². The Labute approximate surface area is 501 Å². The zero-order chi connectivity index (χ0) is 57.8. The monoisotopic (exact) mass is 1220 g/mol. The molecule has 0 aliphatic carbocycles. The van der Waals surface area contributed by atoms with Crippen LogP contribution in [0.2, 0.25) is 0 Å². The van der Waals surface area contributed by atoms with Crippen molar-refractivity contribution in [1.82, 2.24) is 5.32 Å². The van der Waals surface area contributed by atoms with Crippen LogP contribution in [0, 0.1) is 42.9 Å². The molecule has 1 atom stereocenters. The van der Waals surface area contributed by atoms with Gasteiger partial charge in [-0.25, -0.2) is 18.4 Å². The van der Waals surface area contributed by atoms with E-state index in [1.54, 1.807) is 13.0 Å². The number of alkyl halides is 3. The van der Waals surface area contributed by atoms with E-state index in [1.165, 1.54) is 98.5 Å². The number of carboxylic acids is 1. The zero-order valence-corrected chi connectivity index (χ0v) is 50.9. The minimum absolute atomic E-state index is 0. The van der Waals surface area contributed by atoms with E-state index in [2.05, 4.69) is 130 Å². The molecule has 0 unspecified atom stereocenters. The van der Waals surface area contributed by atoms with Crippen molar-refractivity contribution in [2.45, 2.75) is 173 Å². The Kier molecular flexibility index (Phi) is 38.3. The van der Waals surface area contributed by atoms with Gasteiger partial charge in [0.15, 0.2) is 0 Å². The van der Waals surface area contributed by atoms with Crippen LogP contribution in [0.15, 0.2) is 91.0 Å². The van der Waals surface area contributed by atoms with E-state index in [9.17, 15) is 36.3 Å². The van der Waals surface area contributed by atoms with Crippen molar-refractivity contribution in [3.63, 3.8) is 0 Å². The maximum Gasteiger partial charge on any atom is 1.00 e. The van der Waals surface area contributed by atoms with E-state index >= 15 is 0 Å². The van der Waals surface area contributed by atoms with Crippen molar-refractivity contribution < 1.29 is 70.5 Å². The molecule has 0 bridgehead atoms. The third kappa shape index (κ3) is 27.0. The maximum atomic E-state index is 13.8. The summed E-state index contributed by atoms with van der Waals surface area (Å²) in [6, 6.07) is 21.2. The Balaban J connectivity index is 0. The molecular weight excluding hydrogens is 1130 g/mol. The molecule has 1 amide bonds. The number of hydrogen-bond acceptors (Lipinski definition) is 5. The van der Waals surface area contributed by atoms with Gasteiger partial charge in [-0.1, -0.05) is 141 Å². The van der Waals surface area contributed by atoms with E-state index in [0.717, 1.165) is 69.1 Å². The van der Waals surface area contributed by atoms with Crippen LogP contribution in [0.4, 0.5) is 22.0 Å². The standard InChI is InChI=1S/C25H28F5NO.C17H24O2.C16H22O2.C7H7I.CH4.Li.H2O/c1-5-7-17-11-20(25(28,29)30)12-18(8-6-2)21(17)9-10-24(32)31-16(4)19-13-22(26)15(3)23(27)14-19;1-5-7-14-11-13(3)12-15(8-6-2)16(14)9-10-17(18)19-4;1-4-6-13-10-12(3)11-14(7-5-2)15(13)8-9-16(17)18;1-6-2-4-7(8)5-3-6;;;/h9-14,16H,5-8H2,1-4H3,(H,31,32);9-12H,5-8H2,1-4H3;8-11H,4-7H2,1-3H3,(H,17,18);2-5H,1H3;1H4;;1H2/q;;;;;+1;/p-1/b2*10-9+;9-8+;;;;/t16-;;;;;;/m1....../s1. The molecular formula is C66H86F5ILiNO6. The van der Waals surface area contributed by atoms with Gasteiger partial charge in [-0.05, 0) is 206 Å². The van der Waals surface area contributed by atoms with Crippen LogP contribution >= 0.6 is 22.6 Å². The fourth-order valence-corrected chi connectivity index (χ4v) is 9.03. The van der Waals surface area contributed by atoms with Gasteiger partial charge in [0.1, 0.15) is 11.6 Å². The third-order valence-corrected chi connectivity index (χ3v) is 13.1. The predicted molar refractivity (Wildman–Crippen MR) is 325 cm³/mol. The summed E-state index contributed by atoms with van der Waals surface area (Å²) < 4.78 is 73.6. The van der Waals surface area contributed by atoms with Crippen molar-refractivity contribution >= 4 is 58.7 Å². The number of hydrogen-bond donors (Lipinski definition) is 2. The number of halogens is 6. The second-order valence-electron chi connectivity index (χ2n) is 19.2. The summed E-state index contributed by atoms with van der Waals surface area (Å²) in [5.41, 5.74) is 12.5. The summed E-state index contributed by atoms with van der Waals surface area (Å²) in [5, 5.41) is 11.4. The molecule has 80 heavy (non-hydrogen) atoms. The number of carboxylic acid groups (broad SMARTS) is 1. The average molecular weight is 1220 g/mol. The molecule has 0 fully saturated rings. The van der Waals surface area contributed by atoms with Crippen LogP contribution in [0.3, 0.4) is 0 Å². The first-order valence-electron chi connectivity index (χ1n) is 26.8. The minimum atomic E-state index is -4.45. The van der Waals surface area contributed by atoms with E-state index in [-0.39, 0.29) is 48.9 Å². The molecule has 7 nitrogen and oxygen atoms in total. The Morgan fingerprint density at radius 3 is 1.24 bits per heavy atom. The molecule has 0 saturated carbocycles. The number of carbonyl (C=O) groups is 3. The van der Waals surface area contributed by atoms with E-state index in [4.69, 9.17) is 5.11 Å². The number of nitrogens with one attached hydrogen (secondary N) is 1. The maximum absolute atomic E-state index is 13.8. The molecule has 0 aromatic heterocycles. The normalized spacial score (nSPS) is 11.2. The van der Waals surface area contributed by atoms with Crippen molar-refractivity contribution in [1.29, 1.82) is 0 Å². The molecule has 5 rings (SSSR count). The van der Waals surface area contributed by atoms with Gasteiger partial charge in [-0.2, -0.15) is 13.2 Å². The topological polar surface area (TPSA) is 123 Å². The Hall–Kier alpha value is -5.33. The van der Waals surface area contributed by atoms with Gasteiger partial charge in [0, 0.05) is 27.4 Å². The van der Waals surface area contributed by atoms with E-state index in [1.807, 2.05) is 19.9 Å². The first-order chi connectivity index (χ1) is 36.5. The molecule has 0 aliphatic rings. The number of esters is 1. The summed E-state index contributed by atoms with van der Waals surface area (Å²) in [7, 11) is 1.40. The van der Waals surface area contributed by atoms with E-state index in [0.29, 0.717) is 42.4 Å². The van der Waals surface area contributed by atoms with Crippen molar-refractivity contribution in [2.75, 3.05) is 7.11 Å². The smallest absolute Gasteiger partial charge is 0.870 e. The largest absolute Gasteiger partial charge is 1.00 e. The Bertz CT molecular complexity index is 2660. The summed E-state index contributed by atoms with van der Waals surface area (Å²) in [5.74, 6) is -3.10. The van der Waals surface area contributed by atoms with Crippen molar-refractivity contribution in [2.24, 2.45) is 0 Å². The predicted octanol–water partition coefficient (Wildman–Crippen LogP) is 15.2. The summed E-state index contributed by atoms with van der Waals surface area (Å²) >= 11 is 2.30. The van der Waals surface area contributed by atoms with Crippen LogP contribution in [0.1, 0.15) is 184 Å². The second kappa shape index (κ2) is 40.0. The van der Waals surface area contributed by atoms with Crippen LogP contribution in [-0.2, 0) is 63.8 Å². The Morgan fingerprint density at radius 2 is 0.925 bits per heavy atom. The van der Waals surface area contributed by atoms with Crippen LogP contribution in [-0.4, -0.2) is 35.5 Å². The number of ether oxygens (including phenoxy) is 1. The first-order valence-corrected chi connectivity index (χ1v) is 27.9. The van der Waals surface area contributed by atoms with Crippen LogP contribution in [0.25, 0.3) is 18.2 Å². The van der Waals surface area contributed by atoms with Gasteiger partial charge >= 0.3 is 37.0 Å². The number of carbonyl (C=O) groups excluding carboxylic acids is 2. The molecule has 0 heterocycles. The van der Waals surface area contributed by atoms with Crippen LogP contribution < -0.4 is 24.2 Å². The van der Waals surface area contributed by atoms with Gasteiger partial charge in [-0.15, -0.1) is 0 Å². The number of aryl methyl sites for hydroxylation is 9. The van der Waals surface area contributed by atoms with Gasteiger partial charge in [0.05, 0.1) is 18.7 Å². The molecule has 5 aromatic carbocycles. The number of methoxy groups -OCH3 is 1. The molecule has 0 aliphatic heterocycles. The van der Waals surface area contributed by atoms with Crippen molar-refractivity contribution in [3.8, 4) is 0 Å². The summed E-state index contributed by atoms with van der Waals surface area (Å²) in [6.07, 6.45) is 15.4. The fourth-order valence-electron chi connectivity index (χ4n) is 8.67. The number of amides is 1. The molecule has 0 saturated heterocycles. The van der Waals surface area contributed by atoms with Crippen LogP contribution in [0.5, 0.6) is 0 Å². The van der Waals surface area contributed by atoms with Gasteiger partial charge in [0.2, 0.25) is 5.91 Å². The van der Waals surface area contributed by atoms with Gasteiger partial charge in [-0.3, -0.25) is 4.79 Å². The first kappa shape index (κ1) is 76.7. The number of benzene rings is 5.